The summed E-state index contributed by atoms with van der Waals surface area (Å²) in [6.07, 6.45) is 3.61. The highest BCUT2D eigenvalue weighted by molar-refractivity contribution is 7.27. The quantitative estimate of drug-likeness (QED) is 0.208. The van der Waals surface area contributed by atoms with E-state index in [9.17, 15) is 0 Å². The predicted octanol–water partition coefficient (Wildman–Crippen LogP) is 10.9. The van der Waals surface area contributed by atoms with E-state index in [1.165, 1.54) is 64.2 Å². The molecule has 0 aliphatic heterocycles. The molecule has 0 unspecified atom stereocenters. The Labute approximate surface area is 258 Å². The fraction of sp³-hybridized carbons (Fsp3) is 0. The smallest absolute Gasteiger partial charge is 0.159 e. The van der Waals surface area contributed by atoms with Gasteiger partial charge in [0.25, 0.3) is 0 Å². The van der Waals surface area contributed by atoms with Crippen LogP contribution in [0.1, 0.15) is 0 Å². The van der Waals surface area contributed by atoms with Gasteiger partial charge in [0.15, 0.2) is 5.82 Å². The molecule has 0 spiro atoms. The van der Waals surface area contributed by atoms with Crippen LogP contribution < -0.4 is 0 Å². The van der Waals surface area contributed by atoms with Crippen molar-refractivity contribution in [3.8, 4) is 39.3 Å². The van der Waals surface area contributed by atoms with Crippen LogP contribution in [0.2, 0.25) is 0 Å². The Morgan fingerprint density at radius 1 is 0.477 bits per heavy atom. The first kappa shape index (κ1) is 25.0. The Hall–Kier alpha value is -5.58. The minimum absolute atomic E-state index is 0.732. The highest BCUT2D eigenvalue weighted by Gasteiger charge is 2.22. The van der Waals surface area contributed by atoms with Gasteiger partial charge in [-0.05, 0) is 76.9 Å². The van der Waals surface area contributed by atoms with Gasteiger partial charge in [0, 0.05) is 54.6 Å². The fourth-order valence-electron chi connectivity index (χ4n) is 6.53. The third kappa shape index (κ3) is 3.89. The third-order valence-corrected chi connectivity index (χ3v) is 9.69. The summed E-state index contributed by atoms with van der Waals surface area (Å²) in [5.74, 6) is 0.732. The van der Waals surface area contributed by atoms with E-state index in [0.717, 1.165) is 17.1 Å². The average molecular weight is 580 g/mol. The number of nitrogens with zero attached hydrogens (tertiary/aromatic N) is 3. The molecule has 0 saturated carbocycles. The summed E-state index contributed by atoms with van der Waals surface area (Å²) in [4.78, 5) is 9.15. The normalized spacial score (nSPS) is 11.6. The zero-order valence-corrected chi connectivity index (χ0v) is 24.5. The van der Waals surface area contributed by atoms with Crippen molar-refractivity contribution in [2.75, 3.05) is 0 Å². The average Bonchev–Trinajstić information content (AvgIpc) is 3.64. The van der Waals surface area contributed by atoms with Gasteiger partial charge in [0.1, 0.15) is 0 Å². The van der Waals surface area contributed by atoms with Crippen molar-refractivity contribution in [1.29, 1.82) is 0 Å². The molecule has 0 atom stereocenters. The van der Waals surface area contributed by atoms with Gasteiger partial charge in [0.2, 0.25) is 0 Å². The molecular weight excluding hydrogens is 555 g/mol. The second-order valence-electron chi connectivity index (χ2n) is 11.0. The Morgan fingerprint density at radius 2 is 1.14 bits per heavy atom. The van der Waals surface area contributed by atoms with Gasteiger partial charge < -0.3 is 4.57 Å². The number of aromatic nitrogens is 3. The van der Waals surface area contributed by atoms with Gasteiger partial charge in [-0.15, -0.1) is 11.3 Å². The standard InChI is InChI=1S/C40H25N3S/c1-4-11-26(12-5-1)28-18-20-36-33(23-28)37-31(27-13-6-2-7-14-27)25-35-38(39(37)44-36)32-24-29(40-41-21-10-22-42-40)17-19-34(32)43(35)30-15-8-3-9-16-30/h1-25H. The molecule has 4 heteroatoms. The molecule has 9 aromatic rings. The van der Waals surface area contributed by atoms with Crippen molar-refractivity contribution in [2.24, 2.45) is 0 Å². The van der Waals surface area contributed by atoms with Gasteiger partial charge in [-0.1, -0.05) is 84.9 Å². The third-order valence-electron chi connectivity index (χ3n) is 8.50. The SMILES string of the molecule is c1ccc(-c2ccc3sc4c(c(-c5ccccc5)cc5c4c4cc(-c6ncccn6)ccc4n5-c4ccccc4)c3c2)cc1. The van der Waals surface area contributed by atoms with Crippen molar-refractivity contribution in [3.05, 3.63) is 152 Å². The summed E-state index contributed by atoms with van der Waals surface area (Å²) in [5, 5.41) is 5.05. The van der Waals surface area contributed by atoms with Crippen molar-refractivity contribution in [2.45, 2.75) is 0 Å². The zero-order chi connectivity index (χ0) is 29.0. The molecule has 0 aliphatic rings. The summed E-state index contributed by atoms with van der Waals surface area (Å²) in [6.45, 7) is 0. The molecule has 0 N–H and O–H groups in total. The number of rotatable bonds is 4. The lowest BCUT2D eigenvalue weighted by Gasteiger charge is -2.11. The maximum Gasteiger partial charge on any atom is 0.159 e. The molecule has 0 amide bonds. The van der Waals surface area contributed by atoms with E-state index in [1.807, 2.05) is 17.4 Å². The number of fused-ring (bicyclic) bond motifs is 7. The lowest BCUT2D eigenvalue weighted by molar-refractivity contribution is 1.17. The van der Waals surface area contributed by atoms with E-state index in [-0.39, 0.29) is 0 Å². The second-order valence-corrected chi connectivity index (χ2v) is 12.1. The number of hydrogen-bond acceptors (Lipinski definition) is 3. The van der Waals surface area contributed by atoms with Crippen molar-refractivity contribution in [3.63, 3.8) is 0 Å². The van der Waals surface area contributed by atoms with Gasteiger partial charge in [-0.25, -0.2) is 9.97 Å². The predicted molar refractivity (Wildman–Crippen MR) is 186 cm³/mol. The van der Waals surface area contributed by atoms with Crippen LogP contribution in [0.25, 0.3) is 81.3 Å². The van der Waals surface area contributed by atoms with E-state index in [1.54, 1.807) is 12.4 Å². The lowest BCUT2D eigenvalue weighted by atomic mass is 9.95. The summed E-state index contributed by atoms with van der Waals surface area (Å²) < 4.78 is 4.99. The number of thiophene rings is 1. The molecule has 44 heavy (non-hydrogen) atoms. The van der Waals surface area contributed by atoms with Crippen molar-refractivity contribution in [1.82, 2.24) is 14.5 Å². The summed E-state index contributed by atoms with van der Waals surface area (Å²) >= 11 is 1.88. The second kappa shape index (κ2) is 10.0. The minimum Gasteiger partial charge on any atom is -0.309 e. The molecule has 3 aromatic heterocycles. The maximum absolute atomic E-state index is 4.57. The van der Waals surface area contributed by atoms with Gasteiger partial charge in [-0.3, -0.25) is 0 Å². The first-order valence-corrected chi connectivity index (χ1v) is 15.6. The van der Waals surface area contributed by atoms with Crippen LogP contribution in [0.3, 0.4) is 0 Å². The number of benzene rings is 6. The lowest BCUT2D eigenvalue weighted by Crippen LogP contribution is -1.94. The summed E-state index contributed by atoms with van der Waals surface area (Å²) in [5.41, 5.74) is 9.43. The molecule has 0 radical (unpaired) electrons. The monoisotopic (exact) mass is 579 g/mol. The van der Waals surface area contributed by atoms with Crippen LogP contribution in [0.5, 0.6) is 0 Å². The molecule has 0 aliphatic carbocycles. The number of para-hydroxylation sites is 1. The topological polar surface area (TPSA) is 30.7 Å². The van der Waals surface area contributed by atoms with Gasteiger partial charge in [-0.2, -0.15) is 0 Å². The van der Waals surface area contributed by atoms with Gasteiger partial charge in [0.05, 0.1) is 11.0 Å². The Balaban J connectivity index is 1.47. The van der Waals surface area contributed by atoms with Crippen LogP contribution in [0, 0.1) is 0 Å². The maximum atomic E-state index is 4.57. The number of hydrogen-bond donors (Lipinski definition) is 0. The van der Waals surface area contributed by atoms with Gasteiger partial charge >= 0.3 is 0 Å². The first-order chi connectivity index (χ1) is 21.8. The summed E-state index contributed by atoms with van der Waals surface area (Å²) in [6, 6.07) is 50.0. The van der Waals surface area contributed by atoms with Crippen LogP contribution in [0.4, 0.5) is 0 Å². The molecule has 9 rings (SSSR count). The molecule has 3 heterocycles. The molecule has 6 aromatic carbocycles. The molecule has 0 fully saturated rings. The Bertz CT molecular complexity index is 2460. The van der Waals surface area contributed by atoms with Crippen LogP contribution >= 0.6 is 11.3 Å². The largest absolute Gasteiger partial charge is 0.309 e. The van der Waals surface area contributed by atoms with Crippen LogP contribution in [-0.4, -0.2) is 14.5 Å². The van der Waals surface area contributed by atoms with E-state index < -0.39 is 0 Å². The molecular formula is C40H25N3S. The highest BCUT2D eigenvalue weighted by atomic mass is 32.1. The highest BCUT2D eigenvalue weighted by Crippen LogP contribution is 2.48. The van der Waals surface area contributed by atoms with E-state index in [4.69, 9.17) is 0 Å². The first-order valence-electron chi connectivity index (χ1n) is 14.7. The summed E-state index contributed by atoms with van der Waals surface area (Å²) in [7, 11) is 0. The molecule has 206 valence electrons. The zero-order valence-electron chi connectivity index (χ0n) is 23.7. The van der Waals surface area contributed by atoms with E-state index in [2.05, 4.69) is 148 Å². The minimum atomic E-state index is 0.732. The van der Waals surface area contributed by atoms with Crippen LogP contribution in [0.15, 0.2) is 152 Å². The van der Waals surface area contributed by atoms with Crippen molar-refractivity contribution >= 4 is 53.3 Å². The Kier molecular flexibility index (Phi) is 5.68. The Morgan fingerprint density at radius 3 is 1.89 bits per heavy atom. The molecule has 3 nitrogen and oxygen atoms in total. The van der Waals surface area contributed by atoms with Crippen LogP contribution in [-0.2, 0) is 0 Å². The van der Waals surface area contributed by atoms with E-state index in [0.29, 0.717) is 0 Å². The fourth-order valence-corrected chi connectivity index (χ4v) is 7.80. The van der Waals surface area contributed by atoms with E-state index >= 15 is 0 Å². The molecule has 0 bridgehead atoms. The van der Waals surface area contributed by atoms with Crippen molar-refractivity contribution < 1.29 is 0 Å². The molecule has 0 saturated heterocycles.